The second kappa shape index (κ2) is 4.28. The lowest BCUT2D eigenvalue weighted by atomic mass is 9.79. The number of nitrogens with zero attached hydrogens (tertiary/aromatic N) is 1. The third kappa shape index (κ3) is 3.15. The second-order valence-electron chi connectivity index (χ2n) is 4.94. The monoisotopic (exact) mass is 181 g/mol. The van der Waals surface area contributed by atoms with Crippen LogP contribution < -0.4 is 0 Å². The third-order valence-corrected chi connectivity index (χ3v) is 3.21. The van der Waals surface area contributed by atoms with Crippen molar-refractivity contribution in [2.24, 2.45) is 5.41 Å². The predicted molar refractivity (Wildman–Crippen MR) is 58.9 cm³/mol. The van der Waals surface area contributed by atoms with Gasteiger partial charge < -0.3 is 0 Å². The molecule has 76 valence electrons. The van der Waals surface area contributed by atoms with E-state index in [4.69, 9.17) is 0 Å². The molecule has 0 N–H and O–H groups in total. The summed E-state index contributed by atoms with van der Waals surface area (Å²) < 4.78 is 0. The Morgan fingerprint density at radius 3 is 2.77 bits per heavy atom. The van der Waals surface area contributed by atoms with Gasteiger partial charge in [0.05, 0.1) is 0 Å². The van der Waals surface area contributed by atoms with Gasteiger partial charge in [-0.2, -0.15) is 0 Å². The fourth-order valence-corrected chi connectivity index (χ4v) is 2.23. The van der Waals surface area contributed by atoms with Crippen LogP contribution in [0.3, 0.4) is 0 Å². The Morgan fingerprint density at radius 2 is 2.23 bits per heavy atom. The minimum absolute atomic E-state index is 0.563. The highest BCUT2D eigenvalue weighted by Crippen LogP contribution is 2.32. The predicted octanol–water partition coefficient (Wildman–Crippen LogP) is 3.07. The fraction of sp³-hybridized carbons (Fsp3) is 0.833. The number of hydrogen-bond acceptors (Lipinski definition) is 1. The Bertz CT molecular complexity index is 186. The number of piperidine rings is 1. The van der Waals surface area contributed by atoms with E-state index in [2.05, 4.69) is 32.3 Å². The fourth-order valence-electron chi connectivity index (χ4n) is 2.23. The van der Waals surface area contributed by atoms with Crippen molar-refractivity contribution >= 4 is 0 Å². The summed E-state index contributed by atoms with van der Waals surface area (Å²) in [6.07, 6.45) is 4.06. The van der Waals surface area contributed by atoms with Crippen molar-refractivity contribution in [1.29, 1.82) is 0 Å². The van der Waals surface area contributed by atoms with E-state index >= 15 is 0 Å². The molecule has 1 heteroatoms. The van der Waals surface area contributed by atoms with E-state index in [1.54, 1.807) is 0 Å². The highest BCUT2D eigenvalue weighted by molar-refractivity contribution is 4.94. The molecular formula is C12H23N. The standard InChI is InChI=1S/C12H23N/c1-5-12(4)7-6-8-13(10-12)9-11(2)3/h2,5-10H2,1,3-4H3. The van der Waals surface area contributed by atoms with E-state index in [1.165, 1.54) is 37.9 Å². The lowest BCUT2D eigenvalue weighted by molar-refractivity contribution is 0.107. The minimum atomic E-state index is 0.563. The van der Waals surface area contributed by atoms with Gasteiger partial charge in [-0.15, -0.1) is 0 Å². The maximum Gasteiger partial charge on any atom is 0.0187 e. The average Bonchev–Trinajstić information content (AvgIpc) is 2.03. The Morgan fingerprint density at radius 1 is 1.54 bits per heavy atom. The smallest absolute Gasteiger partial charge is 0.0187 e. The van der Waals surface area contributed by atoms with Crippen LogP contribution >= 0.6 is 0 Å². The average molecular weight is 181 g/mol. The number of likely N-dealkylation sites (tertiary alicyclic amines) is 1. The highest BCUT2D eigenvalue weighted by Gasteiger charge is 2.28. The zero-order valence-corrected chi connectivity index (χ0v) is 9.40. The van der Waals surface area contributed by atoms with Crippen LogP contribution in [0.2, 0.25) is 0 Å². The molecule has 13 heavy (non-hydrogen) atoms. The van der Waals surface area contributed by atoms with Crippen LogP contribution in [0.5, 0.6) is 0 Å². The minimum Gasteiger partial charge on any atom is -0.299 e. The molecule has 0 aromatic rings. The Labute approximate surface area is 82.8 Å². The van der Waals surface area contributed by atoms with Gasteiger partial charge in [-0.25, -0.2) is 0 Å². The van der Waals surface area contributed by atoms with Crippen molar-refractivity contribution in [2.45, 2.75) is 40.0 Å². The molecule has 0 aromatic heterocycles. The maximum absolute atomic E-state index is 3.98. The molecule has 0 saturated carbocycles. The molecule has 1 heterocycles. The normalized spacial score (nSPS) is 30.4. The Balaban J connectivity index is 2.46. The SMILES string of the molecule is C=C(C)CN1CCCC(C)(CC)C1. The molecule has 1 nitrogen and oxygen atoms in total. The quantitative estimate of drug-likeness (QED) is 0.605. The first-order valence-electron chi connectivity index (χ1n) is 5.42. The van der Waals surface area contributed by atoms with Gasteiger partial charge in [-0.05, 0) is 38.1 Å². The molecule has 1 atom stereocenters. The van der Waals surface area contributed by atoms with Crippen molar-refractivity contribution in [3.8, 4) is 0 Å². The second-order valence-corrected chi connectivity index (χ2v) is 4.94. The summed E-state index contributed by atoms with van der Waals surface area (Å²) in [4.78, 5) is 2.55. The molecule has 0 aromatic carbocycles. The van der Waals surface area contributed by atoms with Crippen molar-refractivity contribution in [3.63, 3.8) is 0 Å². The lowest BCUT2D eigenvalue weighted by Gasteiger charge is -2.40. The molecule has 0 amide bonds. The molecule has 0 spiro atoms. The first-order chi connectivity index (χ1) is 6.06. The van der Waals surface area contributed by atoms with E-state index in [0.717, 1.165) is 6.54 Å². The Hall–Kier alpha value is -0.300. The van der Waals surface area contributed by atoms with Crippen molar-refractivity contribution < 1.29 is 0 Å². The summed E-state index contributed by atoms with van der Waals surface area (Å²) >= 11 is 0. The molecule has 0 aliphatic carbocycles. The summed E-state index contributed by atoms with van der Waals surface area (Å²) in [6.45, 7) is 14.4. The van der Waals surface area contributed by atoms with Gasteiger partial charge in [0.2, 0.25) is 0 Å². The van der Waals surface area contributed by atoms with Gasteiger partial charge in [-0.1, -0.05) is 26.0 Å². The van der Waals surface area contributed by atoms with E-state index in [-0.39, 0.29) is 0 Å². The molecule has 1 saturated heterocycles. The van der Waals surface area contributed by atoms with Crippen molar-refractivity contribution in [3.05, 3.63) is 12.2 Å². The zero-order valence-electron chi connectivity index (χ0n) is 9.40. The first kappa shape index (κ1) is 10.8. The van der Waals surface area contributed by atoms with Crippen LogP contribution in [0.1, 0.15) is 40.0 Å². The van der Waals surface area contributed by atoms with Crippen LogP contribution in [0.4, 0.5) is 0 Å². The molecular weight excluding hydrogens is 158 g/mol. The van der Waals surface area contributed by atoms with Gasteiger partial charge in [0.1, 0.15) is 0 Å². The largest absolute Gasteiger partial charge is 0.299 e. The maximum atomic E-state index is 3.98. The summed E-state index contributed by atoms with van der Waals surface area (Å²) in [5.41, 5.74) is 1.86. The summed E-state index contributed by atoms with van der Waals surface area (Å²) in [7, 11) is 0. The van der Waals surface area contributed by atoms with Crippen molar-refractivity contribution in [2.75, 3.05) is 19.6 Å². The number of hydrogen-bond donors (Lipinski definition) is 0. The van der Waals surface area contributed by atoms with Gasteiger partial charge in [0, 0.05) is 13.1 Å². The summed E-state index contributed by atoms with van der Waals surface area (Å²) in [6, 6.07) is 0. The van der Waals surface area contributed by atoms with Crippen molar-refractivity contribution in [1.82, 2.24) is 4.90 Å². The summed E-state index contributed by atoms with van der Waals surface area (Å²) in [5.74, 6) is 0. The number of rotatable bonds is 3. The van der Waals surface area contributed by atoms with Gasteiger partial charge in [0.15, 0.2) is 0 Å². The zero-order chi connectivity index (χ0) is 9.90. The van der Waals surface area contributed by atoms with E-state index in [9.17, 15) is 0 Å². The highest BCUT2D eigenvalue weighted by atomic mass is 15.1. The van der Waals surface area contributed by atoms with E-state index < -0.39 is 0 Å². The molecule has 1 aliphatic heterocycles. The van der Waals surface area contributed by atoms with Crippen LogP contribution in [0.25, 0.3) is 0 Å². The van der Waals surface area contributed by atoms with Gasteiger partial charge in [-0.3, -0.25) is 4.90 Å². The van der Waals surface area contributed by atoms with Crippen LogP contribution in [0.15, 0.2) is 12.2 Å². The molecule has 0 radical (unpaired) electrons. The van der Waals surface area contributed by atoms with Gasteiger partial charge >= 0.3 is 0 Å². The lowest BCUT2D eigenvalue weighted by Crippen LogP contribution is -2.41. The van der Waals surface area contributed by atoms with Crippen LogP contribution in [-0.2, 0) is 0 Å². The topological polar surface area (TPSA) is 3.24 Å². The first-order valence-corrected chi connectivity index (χ1v) is 5.42. The molecule has 1 fully saturated rings. The summed E-state index contributed by atoms with van der Waals surface area (Å²) in [5, 5.41) is 0. The van der Waals surface area contributed by atoms with Gasteiger partial charge in [0.25, 0.3) is 0 Å². The van der Waals surface area contributed by atoms with Crippen LogP contribution in [-0.4, -0.2) is 24.5 Å². The Kier molecular flexibility index (Phi) is 3.55. The van der Waals surface area contributed by atoms with E-state index in [0.29, 0.717) is 5.41 Å². The molecule has 0 bridgehead atoms. The van der Waals surface area contributed by atoms with E-state index in [1.807, 2.05) is 0 Å². The molecule has 1 unspecified atom stereocenters. The molecule has 1 aliphatic rings. The molecule has 1 rings (SSSR count). The third-order valence-electron chi connectivity index (χ3n) is 3.21. The van der Waals surface area contributed by atoms with Crippen LogP contribution in [0, 0.1) is 5.41 Å².